The van der Waals surface area contributed by atoms with Crippen LogP contribution < -0.4 is 16.6 Å². The molecule has 0 amide bonds. The molecule has 0 aromatic rings. The van der Waals surface area contributed by atoms with E-state index >= 15 is 0 Å². The van der Waals surface area contributed by atoms with E-state index < -0.39 is 0 Å². The third-order valence-corrected chi connectivity index (χ3v) is 2.71. The molecule has 0 spiro atoms. The summed E-state index contributed by atoms with van der Waals surface area (Å²) in [5, 5.41) is 0. The van der Waals surface area contributed by atoms with Crippen LogP contribution in [-0.4, -0.2) is 6.04 Å². The molecule has 3 rings (SSSR count). The van der Waals surface area contributed by atoms with Gasteiger partial charge in [0, 0.05) is 17.3 Å². The Morgan fingerprint density at radius 1 is 1.38 bits per heavy atom. The Balaban J connectivity index is 2.14. The lowest BCUT2D eigenvalue weighted by atomic mass is 9.83. The highest BCUT2D eigenvalue weighted by atomic mass is 15.4. The number of allylic oxidation sites excluding steroid dienone is 4. The van der Waals surface area contributed by atoms with Crippen molar-refractivity contribution in [3.63, 3.8) is 0 Å². The number of nitrogens with one attached hydrogen (secondary N) is 2. The van der Waals surface area contributed by atoms with Crippen LogP contribution in [0.5, 0.6) is 0 Å². The van der Waals surface area contributed by atoms with E-state index in [1.807, 2.05) is 12.2 Å². The lowest BCUT2D eigenvalue weighted by Crippen LogP contribution is -2.32. The fourth-order valence-electron chi connectivity index (χ4n) is 2.14. The first-order chi connectivity index (χ1) is 6.34. The molecule has 4 N–H and O–H groups in total. The molecule has 0 saturated carbocycles. The van der Waals surface area contributed by atoms with Crippen LogP contribution in [0.3, 0.4) is 0 Å². The van der Waals surface area contributed by atoms with Crippen molar-refractivity contribution in [2.75, 3.05) is 0 Å². The molecule has 3 heteroatoms. The van der Waals surface area contributed by atoms with Crippen LogP contribution in [0, 0.1) is 5.92 Å². The Hall–Kier alpha value is -1.48. The van der Waals surface area contributed by atoms with Crippen LogP contribution in [0.25, 0.3) is 0 Å². The first-order valence-electron chi connectivity index (χ1n) is 4.43. The number of hydrogen-bond donors (Lipinski definition) is 3. The first kappa shape index (κ1) is 6.97. The van der Waals surface area contributed by atoms with Gasteiger partial charge in [0.15, 0.2) is 0 Å². The van der Waals surface area contributed by atoms with Crippen LogP contribution in [-0.2, 0) is 0 Å². The van der Waals surface area contributed by atoms with Crippen molar-refractivity contribution >= 4 is 0 Å². The van der Waals surface area contributed by atoms with E-state index in [1.54, 1.807) is 0 Å². The molecule has 2 unspecified atom stereocenters. The minimum Gasteiger partial charge on any atom is -0.399 e. The molecule has 1 aliphatic heterocycles. The highest BCUT2D eigenvalue weighted by molar-refractivity contribution is 5.48. The molecule has 0 aromatic carbocycles. The van der Waals surface area contributed by atoms with E-state index in [0.717, 1.165) is 5.70 Å². The van der Waals surface area contributed by atoms with Gasteiger partial charge in [0.2, 0.25) is 0 Å². The Bertz CT molecular complexity index is 374. The third kappa shape index (κ3) is 0.876. The molecule has 0 radical (unpaired) electrons. The van der Waals surface area contributed by atoms with Gasteiger partial charge in [-0.25, -0.2) is 5.43 Å². The average Bonchev–Trinajstić information content (AvgIpc) is 2.50. The highest BCUT2D eigenvalue weighted by Gasteiger charge is 2.34. The largest absolute Gasteiger partial charge is 0.399 e. The van der Waals surface area contributed by atoms with Crippen molar-refractivity contribution in [3.05, 3.63) is 47.3 Å². The first-order valence-corrected chi connectivity index (χ1v) is 4.43. The summed E-state index contributed by atoms with van der Waals surface area (Å²) < 4.78 is 0. The van der Waals surface area contributed by atoms with Gasteiger partial charge in [0.05, 0.1) is 6.04 Å². The van der Waals surface area contributed by atoms with E-state index in [9.17, 15) is 0 Å². The van der Waals surface area contributed by atoms with E-state index in [-0.39, 0.29) is 0 Å². The summed E-state index contributed by atoms with van der Waals surface area (Å²) in [6.07, 6.45) is 10.4. The molecule has 0 aromatic heterocycles. The normalized spacial score (nSPS) is 34.3. The maximum Gasteiger partial charge on any atom is 0.0587 e. The Morgan fingerprint density at radius 2 is 2.31 bits per heavy atom. The zero-order valence-electron chi connectivity index (χ0n) is 7.12. The lowest BCUT2D eigenvalue weighted by molar-refractivity contribution is 0.587. The second-order valence-corrected chi connectivity index (χ2v) is 3.56. The van der Waals surface area contributed by atoms with Gasteiger partial charge in [0.25, 0.3) is 0 Å². The number of hydrazine groups is 1. The number of nitrogens with two attached hydrogens (primary N) is 1. The van der Waals surface area contributed by atoms with E-state index in [4.69, 9.17) is 5.73 Å². The molecule has 1 fully saturated rings. The molecule has 3 aliphatic rings. The van der Waals surface area contributed by atoms with Gasteiger partial charge in [-0.2, -0.15) is 0 Å². The minimum atomic E-state index is 0.316. The van der Waals surface area contributed by atoms with Crippen LogP contribution >= 0.6 is 0 Å². The van der Waals surface area contributed by atoms with Gasteiger partial charge in [0.1, 0.15) is 0 Å². The van der Waals surface area contributed by atoms with E-state index in [0.29, 0.717) is 12.0 Å². The lowest BCUT2D eigenvalue weighted by Gasteiger charge is -2.23. The van der Waals surface area contributed by atoms with Gasteiger partial charge < -0.3 is 11.2 Å². The van der Waals surface area contributed by atoms with Crippen molar-refractivity contribution < 1.29 is 0 Å². The molecular formula is C10H11N3. The second kappa shape index (κ2) is 2.26. The topological polar surface area (TPSA) is 50.1 Å². The summed E-state index contributed by atoms with van der Waals surface area (Å²) in [5.41, 5.74) is 15.5. The minimum absolute atomic E-state index is 0.316. The fraction of sp³-hybridized carbons (Fsp3) is 0.200. The van der Waals surface area contributed by atoms with Gasteiger partial charge in [-0.05, 0) is 23.8 Å². The molecule has 3 nitrogen and oxygen atoms in total. The summed E-state index contributed by atoms with van der Waals surface area (Å²) in [6, 6.07) is 0.316. The van der Waals surface area contributed by atoms with Crippen molar-refractivity contribution in [1.82, 2.24) is 10.9 Å². The van der Waals surface area contributed by atoms with E-state index in [2.05, 4.69) is 29.1 Å². The maximum absolute atomic E-state index is 5.79. The van der Waals surface area contributed by atoms with Crippen LogP contribution in [0.1, 0.15) is 0 Å². The van der Waals surface area contributed by atoms with Crippen molar-refractivity contribution in [1.29, 1.82) is 0 Å². The van der Waals surface area contributed by atoms with Gasteiger partial charge >= 0.3 is 0 Å². The molecule has 0 bridgehead atoms. The quantitative estimate of drug-likeness (QED) is 0.494. The average molecular weight is 173 g/mol. The van der Waals surface area contributed by atoms with Gasteiger partial charge in [-0.3, -0.25) is 0 Å². The smallest absolute Gasteiger partial charge is 0.0587 e. The zero-order chi connectivity index (χ0) is 8.84. The summed E-state index contributed by atoms with van der Waals surface area (Å²) in [6.45, 7) is 0. The van der Waals surface area contributed by atoms with Crippen LogP contribution in [0.15, 0.2) is 47.3 Å². The predicted octanol–water partition coefficient (Wildman–Crippen LogP) is 0.315. The van der Waals surface area contributed by atoms with Crippen molar-refractivity contribution in [2.24, 2.45) is 11.7 Å². The Kier molecular flexibility index (Phi) is 1.21. The molecule has 1 heterocycles. The molecule has 2 aliphatic carbocycles. The number of rotatable bonds is 0. The highest BCUT2D eigenvalue weighted by Crippen LogP contribution is 2.34. The van der Waals surface area contributed by atoms with E-state index in [1.165, 1.54) is 11.3 Å². The monoisotopic (exact) mass is 173 g/mol. The number of hydrogen-bond acceptors (Lipinski definition) is 3. The second-order valence-electron chi connectivity index (χ2n) is 3.56. The summed E-state index contributed by atoms with van der Waals surface area (Å²) in [7, 11) is 0. The summed E-state index contributed by atoms with van der Waals surface area (Å²) >= 11 is 0. The molecule has 13 heavy (non-hydrogen) atoms. The van der Waals surface area contributed by atoms with Crippen molar-refractivity contribution in [3.8, 4) is 0 Å². The summed E-state index contributed by atoms with van der Waals surface area (Å²) in [5.74, 6) is 0.442. The molecule has 2 atom stereocenters. The fourth-order valence-corrected chi connectivity index (χ4v) is 2.14. The zero-order valence-corrected chi connectivity index (χ0v) is 7.12. The Morgan fingerprint density at radius 3 is 3.23 bits per heavy atom. The maximum atomic E-state index is 5.79. The summed E-state index contributed by atoms with van der Waals surface area (Å²) in [4.78, 5) is 0. The Labute approximate surface area is 76.7 Å². The van der Waals surface area contributed by atoms with Crippen LogP contribution in [0.4, 0.5) is 0 Å². The standard InChI is InChI=1S/C10H11N3/c11-7-4-6-2-1-3-8-10(6)9(5-7)13-12-8/h1-5,9-10,12-13H,11H2. The van der Waals surface area contributed by atoms with Crippen LogP contribution in [0.2, 0.25) is 0 Å². The molecule has 66 valence electrons. The SMILES string of the molecule is NC1=CC2NNC3=CC=CC(=C1)C32. The molecule has 1 saturated heterocycles. The van der Waals surface area contributed by atoms with Crippen molar-refractivity contribution in [2.45, 2.75) is 6.04 Å². The van der Waals surface area contributed by atoms with Gasteiger partial charge in [-0.15, -0.1) is 0 Å². The molecular weight excluding hydrogens is 162 g/mol. The predicted molar refractivity (Wildman–Crippen MR) is 51.1 cm³/mol. The third-order valence-electron chi connectivity index (χ3n) is 2.71. The van der Waals surface area contributed by atoms with Gasteiger partial charge in [-0.1, -0.05) is 12.2 Å².